The molecule has 0 saturated carbocycles. The Kier molecular flexibility index (Phi) is 5.08. The summed E-state index contributed by atoms with van der Waals surface area (Å²) in [4.78, 5) is 34.7. The van der Waals surface area contributed by atoms with Crippen LogP contribution in [0.25, 0.3) is 21.0 Å². The summed E-state index contributed by atoms with van der Waals surface area (Å²) in [5, 5.41) is 6.37. The van der Waals surface area contributed by atoms with Crippen molar-refractivity contribution in [2.75, 3.05) is 11.1 Å². The molecule has 30 heavy (non-hydrogen) atoms. The minimum Gasteiger partial charge on any atom is -0.325 e. The summed E-state index contributed by atoms with van der Waals surface area (Å²) in [5.74, 6) is 0.707. The molecule has 0 saturated heterocycles. The van der Waals surface area contributed by atoms with Gasteiger partial charge in [-0.25, -0.2) is 4.98 Å². The van der Waals surface area contributed by atoms with Crippen LogP contribution in [0.5, 0.6) is 0 Å². The van der Waals surface area contributed by atoms with E-state index in [0.717, 1.165) is 45.9 Å². The number of thiophene rings is 1. The van der Waals surface area contributed by atoms with Crippen molar-refractivity contribution in [1.29, 1.82) is 0 Å². The Morgan fingerprint density at radius 1 is 1.27 bits per heavy atom. The summed E-state index contributed by atoms with van der Waals surface area (Å²) < 4.78 is 0. The average Bonchev–Trinajstić information content (AvgIpc) is 3.10. The van der Waals surface area contributed by atoms with Gasteiger partial charge >= 0.3 is 0 Å². The van der Waals surface area contributed by atoms with Gasteiger partial charge in [-0.2, -0.15) is 0 Å². The quantitative estimate of drug-likeness (QED) is 0.350. The van der Waals surface area contributed by atoms with Crippen molar-refractivity contribution >= 4 is 55.7 Å². The van der Waals surface area contributed by atoms with Gasteiger partial charge in [0.2, 0.25) is 5.91 Å². The normalized spacial score (nSPS) is 16.0. The van der Waals surface area contributed by atoms with Crippen molar-refractivity contribution < 1.29 is 4.79 Å². The number of carbonyl (C=O) groups excluding carboxylic acids is 1. The number of nitrogens with one attached hydrogen (secondary N) is 2. The van der Waals surface area contributed by atoms with Gasteiger partial charge in [-0.1, -0.05) is 49.0 Å². The van der Waals surface area contributed by atoms with Crippen LogP contribution in [0.2, 0.25) is 0 Å². The number of rotatable bonds is 4. The van der Waals surface area contributed by atoms with Crippen LogP contribution < -0.4 is 10.9 Å². The maximum Gasteiger partial charge on any atom is 0.260 e. The fourth-order valence-electron chi connectivity index (χ4n) is 4.00. The van der Waals surface area contributed by atoms with Crippen LogP contribution >= 0.6 is 23.1 Å². The molecular formula is C23H21N3O2S2. The van der Waals surface area contributed by atoms with Crippen molar-refractivity contribution in [2.24, 2.45) is 5.92 Å². The summed E-state index contributed by atoms with van der Waals surface area (Å²) >= 11 is 2.88. The summed E-state index contributed by atoms with van der Waals surface area (Å²) in [6.45, 7) is 2.25. The number of H-pyrrole nitrogens is 1. The van der Waals surface area contributed by atoms with Crippen LogP contribution in [0.4, 0.5) is 5.69 Å². The average molecular weight is 436 g/mol. The van der Waals surface area contributed by atoms with E-state index in [1.165, 1.54) is 22.2 Å². The van der Waals surface area contributed by atoms with E-state index in [0.29, 0.717) is 11.1 Å². The van der Waals surface area contributed by atoms with Gasteiger partial charge in [-0.05, 0) is 53.6 Å². The minimum absolute atomic E-state index is 0.0931. The molecule has 1 aliphatic rings. The number of hydrogen-bond donors (Lipinski definition) is 2. The van der Waals surface area contributed by atoms with Crippen molar-refractivity contribution in [2.45, 2.75) is 31.3 Å². The van der Waals surface area contributed by atoms with E-state index in [9.17, 15) is 9.59 Å². The molecule has 2 heterocycles. The van der Waals surface area contributed by atoms with Crippen LogP contribution in [0.1, 0.15) is 23.8 Å². The maximum absolute atomic E-state index is 12.7. The number of thioether (sulfide) groups is 1. The van der Waals surface area contributed by atoms with Crippen LogP contribution in [-0.4, -0.2) is 21.6 Å². The first-order valence-electron chi connectivity index (χ1n) is 10.0. The number of carbonyl (C=O) groups is 1. The highest BCUT2D eigenvalue weighted by Gasteiger charge is 2.23. The number of fused-ring (bicyclic) bond motifs is 4. The minimum atomic E-state index is -0.127. The first-order chi connectivity index (χ1) is 14.6. The summed E-state index contributed by atoms with van der Waals surface area (Å²) in [7, 11) is 0. The third-order valence-corrected chi connectivity index (χ3v) is 7.54. The standard InChI is InChI=1S/C23H21N3O2S2/c1-13-6-9-17-18(10-13)30-22-20(17)21(28)25-23(26-22)29-12-19(27)24-16-8-7-14-4-2-3-5-15(14)11-16/h2-5,7-8,11,13H,6,9-10,12H2,1H3,(H,24,27)(H,25,26,28). The first-order valence-corrected chi connectivity index (χ1v) is 11.8. The number of nitrogens with zero attached hydrogens (tertiary/aromatic N) is 1. The smallest absolute Gasteiger partial charge is 0.260 e. The Labute approximate surface area is 181 Å². The van der Waals surface area contributed by atoms with Gasteiger partial charge in [-0.3, -0.25) is 9.59 Å². The molecule has 152 valence electrons. The van der Waals surface area contributed by atoms with E-state index in [4.69, 9.17) is 0 Å². The number of aryl methyl sites for hydroxylation is 1. The van der Waals surface area contributed by atoms with Crippen LogP contribution in [0, 0.1) is 5.92 Å². The predicted octanol–water partition coefficient (Wildman–Crippen LogP) is 4.99. The lowest BCUT2D eigenvalue weighted by molar-refractivity contribution is -0.113. The molecule has 0 radical (unpaired) electrons. The molecule has 2 N–H and O–H groups in total. The molecule has 1 unspecified atom stereocenters. The molecule has 2 aromatic carbocycles. The highest BCUT2D eigenvalue weighted by Crippen LogP contribution is 2.36. The van der Waals surface area contributed by atoms with Gasteiger partial charge in [0, 0.05) is 10.6 Å². The van der Waals surface area contributed by atoms with E-state index < -0.39 is 0 Å². The molecule has 0 spiro atoms. The van der Waals surface area contributed by atoms with Crippen molar-refractivity contribution in [1.82, 2.24) is 9.97 Å². The van der Waals surface area contributed by atoms with Crippen molar-refractivity contribution in [3.8, 4) is 0 Å². The summed E-state index contributed by atoms with van der Waals surface area (Å²) in [6.07, 6.45) is 3.08. The Balaban J connectivity index is 1.30. The number of aromatic nitrogens is 2. The molecule has 5 rings (SSSR count). The molecule has 7 heteroatoms. The second-order valence-electron chi connectivity index (χ2n) is 7.80. The fourth-order valence-corrected chi connectivity index (χ4v) is 6.10. The second-order valence-corrected chi connectivity index (χ2v) is 9.85. The second kappa shape index (κ2) is 7.89. The molecule has 4 aromatic rings. The number of benzene rings is 2. The Morgan fingerprint density at radius 3 is 2.97 bits per heavy atom. The number of amides is 1. The number of hydrogen-bond acceptors (Lipinski definition) is 5. The molecule has 1 atom stereocenters. The molecule has 2 aromatic heterocycles. The zero-order valence-corrected chi connectivity index (χ0v) is 18.2. The van der Waals surface area contributed by atoms with E-state index in [-0.39, 0.29) is 17.2 Å². The third-order valence-electron chi connectivity index (χ3n) is 5.52. The SMILES string of the molecule is CC1CCc2c(sc3nc(SCC(=O)Nc4ccc5ccccc5c4)[nH]c(=O)c23)C1. The van der Waals surface area contributed by atoms with Crippen LogP contribution in [-0.2, 0) is 17.6 Å². The zero-order valence-electron chi connectivity index (χ0n) is 16.5. The molecular weight excluding hydrogens is 414 g/mol. The highest BCUT2D eigenvalue weighted by atomic mass is 32.2. The van der Waals surface area contributed by atoms with Gasteiger partial charge in [0.1, 0.15) is 4.83 Å². The number of aromatic amines is 1. The van der Waals surface area contributed by atoms with Gasteiger partial charge in [0.25, 0.3) is 5.56 Å². The van der Waals surface area contributed by atoms with Crippen LogP contribution in [0.15, 0.2) is 52.4 Å². The van der Waals surface area contributed by atoms with E-state index >= 15 is 0 Å². The monoisotopic (exact) mass is 435 g/mol. The summed E-state index contributed by atoms with van der Waals surface area (Å²) in [5.41, 5.74) is 1.84. The van der Waals surface area contributed by atoms with Crippen molar-refractivity contribution in [3.63, 3.8) is 0 Å². The number of anilines is 1. The van der Waals surface area contributed by atoms with Gasteiger partial charge < -0.3 is 10.3 Å². The molecule has 1 aliphatic carbocycles. The van der Waals surface area contributed by atoms with E-state index in [2.05, 4.69) is 22.2 Å². The molecule has 0 aliphatic heterocycles. The lowest BCUT2D eigenvalue weighted by atomic mass is 9.89. The largest absolute Gasteiger partial charge is 0.325 e. The molecule has 5 nitrogen and oxygen atoms in total. The van der Waals surface area contributed by atoms with E-state index in [1.807, 2.05) is 42.5 Å². The topological polar surface area (TPSA) is 74.8 Å². The third kappa shape index (κ3) is 3.75. The zero-order chi connectivity index (χ0) is 20.7. The highest BCUT2D eigenvalue weighted by molar-refractivity contribution is 7.99. The maximum atomic E-state index is 12.7. The summed E-state index contributed by atoms with van der Waals surface area (Å²) in [6, 6.07) is 13.9. The van der Waals surface area contributed by atoms with Crippen molar-refractivity contribution in [3.05, 3.63) is 63.3 Å². The first kappa shape index (κ1) is 19.3. The molecule has 1 amide bonds. The van der Waals surface area contributed by atoms with Gasteiger partial charge in [-0.15, -0.1) is 11.3 Å². The Bertz CT molecular complexity index is 1330. The Hall–Kier alpha value is -2.64. The lowest BCUT2D eigenvalue weighted by Crippen LogP contribution is -2.16. The Morgan fingerprint density at radius 2 is 2.10 bits per heavy atom. The fraction of sp³-hybridized carbons (Fsp3) is 0.261. The predicted molar refractivity (Wildman–Crippen MR) is 125 cm³/mol. The molecule has 0 bridgehead atoms. The van der Waals surface area contributed by atoms with Gasteiger partial charge in [0.15, 0.2) is 5.16 Å². The lowest BCUT2D eigenvalue weighted by Gasteiger charge is -2.17. The van der Waals surface area contributed by atoms with E-state index in [1.54, 1.807) is 11.3 Å². The molecule has 0 fully saturated rings. The van der Waals surface area contributed by atoms with Crippen LogP contribution in [0.3, 0.4) is 0 Å². The van der Waals surface area contributed by atoms with Gasteiger partial charge in [0.05, 0.1) is 11.1 Å².